The van der Waals surface area contributed by atoms with Gasteiger partial charge in [0.1, 0.15) is 0 Å². The molecule has 94 valence electrons. The van der Waals surface area contributed by atoms with Gasteiger partial charge in [-0.05, 0) is 43.2 Å². The van der Waals surface area contributed by atoms with Gasteiger partial charge in [-0.3, -0.25) is 0 Å². The van der Waals surface area contributed by atoms with E-state index < -0.39 is 6.09 Å². The highest BCUT2D eigenvalue weighted by molar-refractivity contribution is 5.64. The summed E-state index contributed by atoms with van der Waals surface area (Å²) < 4.78 is 0. The van der Waals surface area contributed by atoms with Crippen LogP contribution in [0.15, 0.2) is 0 Å². The summed E-state index contributed by atoms with van der Waals surface area (Å²) in [5.74, 6) is 0. The lowest BCUT2D eigenvalue weighted by Crippen LogP contribution is -2.50. The van der Waals surface area contributed by atoms with E-state index in [2.05, 4.69) is 31.4 Å². The number of amides is 1. The van der Waals surface area contributed by atoms with Gasteiger partial charge in [-0.25, -0.2) is 4.79 Å². The predicted molar refractivity (Wildman–Crippen MR) is 64.6 cm³/mol. The molecule has 1 saturated heterocycles. The van der Waals surface area contributed by atoms with E-state index in [0.717, 1.165) is 32.4 Å². The molecule has 4 heteroatoms. The first-order valence-electron chi connectivity index (χ1n) is 6.11. The van der Waals surface area contributed by atoms with Gasteiger partial charge < -0.3 is 15.7 Å². The molecule has 3 N–H and O–H groups in total. The lowest BCUT2D eigenvalue weighted by molar-refractivity contribution is 0.0277. The molecule has 16 heavy (non-hydrogen) atoms. The van der Waals surface area contributed by atoms with Crippen molar-refractivity contribution in [2.45, 2.75) is 40.0 Å². The zero-order valence-electron chi connectivity index (χ0n) is 10.6. The smallest absolute Gasteiger partial charge is 0.404 e. The SMILES string of the molecule is CCC1(C(C)(C)CNC(=O)O)CCNCC1. The maximum absolute atomic E-state index is 10.6. The van der Waals surface area contributed by atoms with E-state index in [1.165, 1.54) is 0 Å². The molecule has 0 saturated carbocycles. The van der Waals surface area contributed by atoms with Gasteiger partial charge in [0.05, 0.1) is 0 Å². The van der Waals surface area contributed by atoms with Gasteiger partial charge in [0.15, 0.2) is 0 Å². The minimum Gasteiger partial charge on any atom is -0.465 e. The van der Waals surface area contributed by atoms with Crippen LogP contribution in [-0.2, 0) is 0 Å². The third kappa shape index (κ3) is 2.67. The van der Waals surface area contributed by atoms with Crippen molar-refractivity contribution in [3.8, 4) is 0 Å². The van der Waals surface area contributed by atoms with E-state index in [1.807, 2.05) is 0 Å². The van der Waals surface area contributed by atoms with Gasteiger partial charge in [0.2, 0.25) is 0 Å². The third-order valence-electron chi connectivity index (χ3n) is 4.35. The molecular formula is C12H24N2O2. The maximum atomic E-state index is 10.6. The largest absolute Gasteiger partial charge is 0.465 e. The van der Waals surface area contributed by atoms with Crippen LogP contribution in [0.3, 0.4) is 0 Å². The zero-order valence-corrected chi connectivity index (χ0v) is 10.6. The van der Waals surface area contributed by atoms with Crippen molar-refractivity contribution in [3.05, 3.63) is 0 Å². The Morgan fingerprint density at radius 2 is 2.00 bits per heavy atom. The molecule has 0 aromatic heterocycles. The summed E-state index contributed by atoms with van der Waals surface area (Å²) in [5.41, 5.74) is 0.281. The fourth-order valence-electron chi connectivity index (χ4n) is 2.90. The Kier molecular flexibility index (Phi) is 4.19. The Bertz CT molecular complexity index is 245. The van der Waals surface area contributed by atoms with E-state index in [-0.39, 0.29) is 10.8 Å². The Morgan fingerprint density at radius 3 is 2.44 bits per heavy atom. The van der Waals surface area contributed by atoms with E-state index in [0.29, 0.717) is 6.54 Å². The van der Waals surface area contributed by atoms with Crippen LogP contribution in [0.2, 0.25) is 0 Å². The molecule has 0 spiro atoms. The van der Waals surface area contributed by atoms with Crippen molar-refractivity contribution in [2.24, 2.45) is 10.8 Å². The first kappa shape index (κ1) is 13.3. The Hall–Kier alpha value is -0.770. The second-order valence-corrected chi connectivity index (χ2v) is 5.43. The third-order valence-corrected chi connectivity index (χ3v) is 4.35. The number of piperidine rings is 1. The van der Waals surface area contributed by atoms with Crippen molar-refractivity contribution in [2.75, 3.05) is 19.6 Å². The minimum absolute atomic E-state index is 0.0161. The fraction of sp³-hybridized carbons (Fsp3) is 0.917. The quantitative estimate of drug-likeness (QED) is 0.690. The van der Waals surface area contributed by atoms with Crippen LogP contribution in [0.5, 0.6) is 0 Å². The zero-order chi connectivity index (χ0) is 12.2. The summed E-state index contributed by atoms with van der Waals surface area (Å²) in [7, 11) is 0. The van der Waals surface area contributed by atoms with Crippen LogP contribution < -0.4 is 10.6 Å². The molecule has 0 radical (unpaired) electrons. The highest BCUT2D eigenvalue weighted by atomic mass is 16.4. The first-order chi connectivity index (χ1) is 7.43. The second-order valence-electron chi connectivity index (χ2n) is 5.43. The summed E-state index contributed by atoms with van der Waals surface area (Å²) in [4.78, 5) is 10.6. The van der Waals surface area contributed by atoms with Crippen LogP contribution in [0.4, 0.5) is 4.79 Å². The summed E-state index contributed by atoms with van der Waals surface area (Å²) in [5, 5.41) is 14.6. The predicted octanol–water partition coefficient (Wildman–Crippen LogP) is 2.06. The highest BCUT2D eigenvalue weighted by Crippen LogP contribution is 2.48. The van der Waals surface area contributed by atoms with Crippen molar-refractivity contribution in [3.63, 3.8) is 0 Å². The molecule has 1 fully saturated rings. The monoisotopic (exact) mass is 228 g/mol. The number of carbonyl (C=O) groups is 1. The number of nitrogens with one attached hydrogen (secondary N) is 2. The molecule has 0 unspecified atom stereocenters. The molecule has 4 nitrogen and oxygen atoms in total. The normalized spacial score (nSPS) is 20.4. The standard InChI is InChI=1S/C12H24N2O2/c1-4-12(5-7-13-8-6-12)11(2,3)9-14-10(15)16/h13-14H,4-9H2,1-3H3,(H,15,16). The lowest BCUT2D eigenvalue weighted by atomic mass is 9.59. The number of hydrogen-bond acceptors (Lipinski definition) is 2. The van der Waals surface area contributed by atoms with E-state index in [4.69, 9.17) is 5.11 Å². The van der Waals surface area contributed by atoms with E-state index >= 15 is 0 Å². The Balaban J connectivity index is 2.71. The Labute approximate surface area is 97.8 Å². The topological polar surface area (TPSA) is 61.4 Å². The molecule has 0 atom stereocenters. The van der Waals surface area contributed by atoms with Crippen LogP contribution in [-0.4, -0.2) is 30.8 Å². The molecule has 1 rings (SSSR count). The number of rotatable bonds is 4. The molecular weight excluding hydrogens is 204 g/mol. The van der Waals surface area contributed by atoms with Crippen molar-refractivity contribution in [1.29, 1.82) is 0 Å². The molecule has 0 aromatic rings. The van der Waals surface area contributed by atoms with Gasteiger partial charge in [-0.2, -0.15) is 0 Å². The second kappa shape index (κ2) is 5.04. The molecule has 1 heterocycles. The molecule has 0 aromatic carbocycles. The van der Waals surface area contributed by atoms with E-state index in [9.17, 15) is 4.79 Å². The molecule has 1 aliphatic rings. The molecule has 1 amide bonds. The Morgan fingerprint density at radius 1 is 1.44 bits per heavy atom. The minimum atomic E-state index is -0.923. The molecule has 1 aliphatic heterocycles. The molecule has 0 bridgehead atoms. The summed E-state index contributed by atoms with van der Waals surface area (Å²) >= 11 is 0. The average Bonchev–Trinajstić information content (AvgIpc) is 2.27. The number of carboxylic acid groups (broad SMARTS) is 1. The number of hydrogen-bond donors (Lipinski definition) is 3. The summed E-state index contributed by atoms with van der Waals surface area (Å²) in [6.07, 6.45) is 2.46. The lowest BCUT2D eigenvalue weighted by Gasteiger charge is -2.49. The van der Waals surface area contributed by atoms with Crippen LogP contribution >= 0.6 is 0 Å². The van der Waals surface area contributed by atoms with E-state index in [1.54, 1.807) is 0 Å². The summed E-state index contributed by atoms with van der Waals surface area (Å²) in [6, 6.07) is 0. The van der Waals surface area contributed by atoms with Gasteiger partial charge in [-0.1, -0.05) is 20.8 Å². The van der Waals surface area contributed by atoms with Gasteiger partial charge in [-0.15, -0.1) is 0 Å². The van der Waals surface area contributed by atoms with Crippen molar-refractivity contribution < 1.29 is 9.90 Å². The van der Waals surface area contributed by atoms with Gasteiger partial charge >= 0.3 is 6.09 Å². The first-order valence-corrected chi connectivity index (χ1v) is 6.11. The fourth-order valence-corrected chi connectivity index (χ4v) is 2.90. The van der Waals surface area contributed by atoms with Crippen LogP contribution in [0, 0.1) is 10.8 Å². The van der Waals surface area contributed by atoms with Crippen molar-refractivity contribution >= 4 is 6.09 Å². The molecule has 0 aliphatic carbocycles. The van der Waals surface area contributed by atoms with Gasteiger partial charge in [0, 0.05) is 6.54 Å². The summed E-state index contributed by atoms with van der Waals surface area (Å²) in [6.45, 7) is 9.20. The van der Waals surface area contributed by atoms with Crippen LogP contribution in [0.25, 0.3) is 0 Å². The van der Waals surface area contributed by atoms with Crippen molar-refractivity contribution in [1.82, 2.24) is 10.6 Å². The van der Waals surface area contributed by atoms with Gasteiger partial charge in [0.25, 0.3) is 0 Å². The highest BCUT2D eigenvalue weighted by Gasteiger charge is 2.43. The maximum Gasteiger partial charge on any atom is 0.404 e. The van der Waals surface area contributed by atoms with Crippen LogP contribution in [0.1, 0.15) is 40.0 Å². The average molecular weight is 228 g/mol.